The number of thioether (sulfide) groups is 1. The highest BCUT2D eigenvalue weighted by atomic mass is 32.2. The van der Waals surface area contributed by atoms with E-state index in [2.05, 4.69) is 72.0 Å². The summed E-state index contributed by atoms with van der Waals surface area (Å²) in [6.07, 6.45) is 12.3. The summed E-state index contributed by atoms with van der Waals surface area (Å²) in [5, 5.41) is 4.38. The second kappa shape index (κ2) is 13.0. The van der Waals surface area contributed by atoms with E-state index in [-0.39, 0.29) is 24.3 Å². The van der Waals surface area contributed by atoms with Crippen molar-refractivity contribution in [2.24, 2.45) is 17.8 Å². The summed E-state index contributed by atoms with van der Waals surface area (Å²) in [6, 6.07) is 8.94. The number of fused-ring (bicyclic) bond motifs is 4. The van der Waals surface area contributed by atoms with Crippen LogP contribution in [0.3, 0.4) is 0 Å². The highest BCUT2D eigenvalue weighted by molar-refractivity contribution is 7.99. The van der Waals surface area contributed by atoms with Gasteiger partial charge >= 0.3 is 6.09 Å². The third-order valence-corrected chi connectivity index (χ3v) is 10.7. The second-order valence-corrected chi connectivity index (χ2v) is 13.3. The van der Waals surface area contributed by atoms with E-state index in [1.807, 2.05) is 6.20 Å². The molecule has 4 aliphatic rings. The fraction of sp³-hybridized carbons (Fsp3) is 0.688. The number of rotatable bonds is 10. The molecule has 1 saturated carbocycles. The molecule has 1 amide bonds. The van der Waals surface area contributed by atoms with Crippen molar-refractivity contribution in [3.8, 4) is 0 Å². The number of amides is 1. The van der Waals surface area contributed by atoms with E-state index in [1.54, 1.807) is 0 Å². The number of pyridine rings is 1. The summed E-state index contributed by atoms with van der Waals surface area (Å²) < 4.78 is 6.47. The summed E-state index contributed by atoms with van der Waals surface area (Å²) in [5.41, 5.74) is 3.29. The number of carbonyl (C=O) groups is 1. The van der Waals surface area contributed by atoms with Gasteiger partial charge in [-0.3, -0.25) is 9.88 Å². The Morgan fingerprint density at radius 2 is 2.08 bits per heavy atom. The molecule has 1 aromatic heterocycles. The smallest absolute Gasteiger partial charge is 0.408 e. The van der Waals surface area contributed by atoms with E-state index >= 15 is 0 Å². The Morgan fingerprint density at radius 3 is 2.87 bits per heavy atom. The van der Waals surface area contributed by atoms with Gasteiger partial charge in [-0.15, -0.1) is 0 Å². The zero-order valence-electron chi connectivity index (χ0n) is 23.7. The molecule has 1 aliphatic carbocycles. The van der Waals surface area contributed by atoms with Crippen LogP contribution in [0.4, 0.5) is 4.79 Å². The number of benzene rings is 1. The summed E-state index contributed by atoms with van der Waals surface area (Å²) in [6.45, 7) is 8.89. The molecule has 4 fully saturated rings. The summed E-state index contributed by atoms with van der Waals surface area (Å²) >= 11 is 2.10. The van der Waals surface area contributed by atoms with Crippen LogP contribution in [0, 0.1) is 24.7 Å². The lowest BCUT2D eigenvalue weighted by atomic mass is 9.72. The van der Waals surface area contributed by atoms with Gasteiger partial charge in [-0.2, -0.15) is 11.8 Å². The number of hydrogen-bond donors (Lipinski definition) is 1. The Hall–Kier alpha value is -1.79. The minimum Gasteiger partial charge on any atom is -0.440 e. The molecule has 0 radical (unpaired) electrons. The summed E-state index contributed by atoms with van der Waals surface area (Å²) in [4.78, 5) is 20.7. The van der Waals surface area contributed by atoms with Gasteiger partial charge in [-0.1, -0.05) is 38.3 Å². The minimum atomic E-state index is -0.287. The van der Waals surface area contributed by atoms with Gasteiger partial charge in [0.15, 0.2) is 0 Å². The molecule has 6 rings (SSSR count). The van der Waals surface area contributed by atoms with Crippen LogP contribution in [0.2, 0.25) is 0 Å². The van der Waals surface area contributed by atoms with Crippen LogP contribution >= 0.6 is 11.8 Å². The number of carbonyl (C=O) groups excluding carboxylic acids is 1. The van der Waals surface area contributed by atoms with Gasteiger partial charge in [0.1, 0.15) is 6.10 Å². The third-order valence-electron chi connectivity index (χ3n) is 9.38. The molecule has 208 valence electrons. The van der Waals surface area contributed by atoms with Crippen LogP contribution in [0.5, 0.6) is 0 Å². The van der Waals surface area contributed by atoms with Crippen LogP contribution in [0.25, 0.3) is 10.9 Å². The van der Waals surface area contributed by atoms with Gasteiger partial charge in [0.2, 0.25) is 0 Å². The Kier molecular flexibility index (Phi) is 9.53. The summed E-state index contributed by atoms with van der Waals surface area (Å²) in [5.74, 6) is 4.57. The Balaban J connectivity index is 1.35. The predicted octanol–water partition coefficient (Wildman–Crippen LogP) is 7.52. The van der Waals surface area contributed by atoms with Gasteiger partial charge in [-0.05, 0) is 106 Å². The van der Waals surface area contributed by atoms with Crippen molar-refractivity contribution in [1.29, 1.82) is 0 Å². The average molecular weight is 538 g/mol. The van der Waals surface area contributed by atoms with Crippen LogP contribution < -0.4 is 5.32 Å². The topological polar surface area (TPSA) is 54.5 Å². The SMILES string of the molecule is CCCSCCCC1CN2CCC1C[C@H]2[C@H](OC(=O)N[C@@H]1CCCCC1C)c1ccnc2ccc(C)cc12. The average Bonchev–Trinajstić information content (AvgIpc) is 2.93. The fourth-order valence-electron chi connectivity index (χ4n) is 7.23. The summed E-state index contributed by atoms with van der Waals surface area (Å²) in [7, 11) is 0. The first-order valence-electron chi connectivity index (χ1n) is 15.2. The van der Waals surface area contributed by atoms with Gasteiger partial charge in [0.05, 0.1) is 11.6 Å². The van der Waals surface area contributed by atoms with Gasteiger partial charge in [-0.25, -0.2) is 4.79 Å². The van der Waals surface area contributed by atoms with E-state index < -0.39 is 0 Å². The molecule has 5 nitrogen and oxygen atoms in total. The molecule has 7 atom stereocenters. The van der Waals surface area contributed by atoms with E-state index in [4.69, 9.17) is 4.74 Å². The number of aromatic nitrogens is 1. The number of hydrogen-bond acceptors (Lipinski definition) is 5. The van der Waals surface area contributed by atoms with Crippen molar-refractivity contribution in [2.75, 3.05) is 24.6 Å². The van der Waals surface area contributed by atoms with Crippen molar-refractivity contribution in [3.63, 3.8) is 0 Å². The molecule has 6 heteroatoms. The van der Waals surface area contributed by atoms with E-state index in [0.717, 1.165) is 54.2 Å². The van der Waals surface area contributed by atoms with Crippen molar-refractivity contribution in [3.05, 3.63) is 41.6 Å². The molecule has 38 heavy (non-hydrogen) atoms. The molecule has 0 spiro atoms. The lowest BCUT2D eigenvalue weighted by Gasteiger charge is -2.52. The Bertz CT molecular complexity index is 1080. The standard InChI is InChI=1S/C32H47N3O2S/c1-4-17-38-18-7-9-25-21-35-16-14-24(25)20-30(35)31(37-32(36)34-28-10-6-5-8-23(28)3)26-13-15-33-29-12-11-22(2)19-27(26)29/h11-13,15,19,23-25,28,30-31H,4-10,14,16-18,20-21H2,1-3H3,(H,34,36)/t23?,24?,25?,28-,30+,31-/m1/s1. The van der Waals surface area contributed by atoms with E-state index in [1.165, 1.54) is 62.0 Å². The number of aryl methyl sites for hydroxylation is 1. The van der Waals surface area contributed by atoms with Crippen molar-refractivity contribution >= 4 is 28.8 Å². The van der Waals surface area contributed by atoms with E-state index in [0.29, 0.717) is 5.92 Å². The van der Waals surface area contributed by atoms with Crippen LogP contribution in [-0.4, -0.2) is 52.7 Å². The monoisotopic (exact) mass is 537 g/mol. The first kappa shape index (κ1) is 27.8. The Labute approximate surface area is 233 Å². The number of ether oxygens (including phenoxy) is 1. The molecule has 4 unspecified atom stereocenters. The maximum Gasteiger partial charge on any atom is 0.408 e. The maximum atomic E-state index is 13.4. The normalized spacial score (nSPS) is 29.8. The fourth-order valence-corrected chi connectivity index (χ4v) is 8.09. The number of piperidine rings is 3. The molecular weight excluding hydrogens is 490 g/mol. The van der Waals surface area contributed by atoms with Crippen molar-refractivity contribution in [1.82, 2.24) is 15.2 Å². The molecule has 4 heterocycles. The van der Waals surface area contributed by atoms with Crippen molar-refractivity contribution < 1.29 is 9.53 Å². The quantitative estimate of drug-likeness (QED) is 0.318. The zero-order chi connectivity index (χ0) is 26.5. The van der Waals surface area contributed by atoms with Crippen LogP contribution in [0.1, 0.15) is 88.9 Å². The molecule has 2 aromatic rings. The number of alkyl carbamates (subject to hydrolysis) is 1. The molecule has 3 saturated heterocycles. The third kappa shape index (κ3) is 6.50. The van der Waals surface area contributed by atoms with E-state index in [9.17, 15) is 4.79 Å². The maximum absolute atomic E-state index is 13.4. The van der Waals surface area contributed by atoms with Gasteiger partial charge < -0.3 is 10.1 Å². The van der Waals surface area contributed by atoms with Crippen LogP contribution in [-0.2, 0) is 4.74 Å². The largest absolute Gasteiger partial charge is 0.440 e. The molecular formula is C32H47N3O2S. The number of nitrogens with zero attached hydrogens (tertiary/aromatic N) is 2. The van der Waals surface area contributed by atoms with Gasteiger partial charge in [0.25, 0.3) is 0 Å². The van der Waals surface area contributed by atoms with Crippen LogP contribution in [0.15, 0.2) is 30.5 Å². The van der Waals surface area contributed by atoms with Crippen molar-refractivity contribution in [2.45, 2.75) is 96.7 Å². The molecule has 2 bridgehead atoms. The Morgan fingerprint density at radius 1 is 1.21 bits per heavy atom. The lowest BCUT2D eigenvalue weighted by Crippen LogP contribution is -2.56. The highest BCUT2D eigenvalue weighted by Crippen LogP contribution is 2.44. The second-order valence-electron chi connectivity index (χ2n) is 12.1. The molecule has 1 N–H and O–H groups in total. The first-order valence-corrected chi connectivity index (χ1v) is 16.3. The highest BCUT2D eigenvalue weighted by Gasteiger charge is 2.45. The number of nitrogens with one attached hydrogen (secondary N) is 1. The lowest BCUT2D eigenvalue weighted by molar-refractivity contribution is -0.0621. The zero-order valence-corrected chi connectivity index (χ0v) is 24.5. The van der Waals surface area contributed by atoms with Gasteiger partial charge in [0, 0.05) is 29.7 Å². The predicted molar refractivity (Wildman–Crippen MR) is 159 cm³/mol. The minimum absolute atomic E-state index is 0.214. The molecule has 1 aromatic carbocycles. The molecule has 3 aliphatic heterocycles. The first-order chi connectivity index (χ1) is 18.5.